The van der Waals surface area contributed by atoms with E-state index in [1.165, 1.54) is 57.0 Å². The number of allylic oxidation sites excluding steroid dienone is 2. The third-order valence-electron chi connectivity index (χ3n) is 10.8. The van der Waals surface area contributed by atoms with Gasteiger partial charge in [-0.25, -0.2) is 0 Å². The van der Waals surface area contributed by atoms with Gasteiger partial charge >= 0.3 is 0 Å². The Morgan fingerprint density at radius 3 is 1.27 bits per heavy atom. The maximum atomic E-state index is 2.72. The quantitative estimate of drug-likeness (QED) is 0.191. The summed E-state index contributed by atoms with van der Waals surface area (Å²) in [6.07, 6.45) is 6.30. The summed E-state index contributed by atoms with van der Waals surface area (Å²) in [6, 6.07) is 34.2. The lowest BCUT2D eigenvalue weighted by Crippen LogP contribution is -2.45. The fourth-order valence-electron chi connectivity index (χ4n) is 8.65. The van der Waals surface area contributed by atoms with Crippen LogP contribution in [0.15, 0.2) is 96.1 Å². The van der Waals surface area contributed by atoms with Gasteiger partial charge in [-0.2, -0.15) is 0 Å². The summed E-state index contributed by atoms with van der Waals surface area (Å²) in [4.78, 5) is 0. The Morgan fingerprint density at radius 1 is 0.556 bits per heavy atom. The lowest BCUT2D eigenvalue weighted by Gasteiger charge is -2.42. The Bertz CT molecular complexity index is 1650. The largest absolute Gasteiger partial charge is 0.0751 e. The summed E-state index contributed by atoms with van der Waals surface area (Å²) in [5, 5.41) is 0. The zero-order chi connectivity index (χ0) is 32.3. The van der Waals surface area contributed by atoms with Crippen LogP contribution in [0.3, 0.4) is 0 Å². The fourth-order valence-corrected chi connectivity index (χ4v) is 14.8. The molecule has 0 radical (unpaired) electrons. The van der Waals surface area contributed by atoms with E-state index < -0.39 is 8.07 Å². The number of hydrogen-bond donors (Lipinski definition) is 0. The van der Waals surface area contributed by atoms with Crippen molar-refractivity contribution < 1.29 is 0 Å². The summed E-state index contributed by atoms with van der Waals surface area (Å²) in [7, 11) is -1.96. The minimum atomic E-state index is -1.96. The van der Waals surface area contributed by atoms with E-state index in [0.717, 1.165) is 0 Å². The molecule has 2 aliphatic rings. The third kappa shape index (κ3) is 5.52. The first-order valence-electron chi connectivity index (χ1n) is 17.1. The van der Waals surface area contributed by atoms with Gasteiger partial charge in [-0.3, -0.25) is 0 Å². The van der Waals surface area contributed by atoms with Gasteiger partial charge in [0, 0.05) is 11.1 Å². The molecule has 0 N–H and O–H groups in total. The second-order valence-corrected chi connectivity index (χ2v) is 20.8. The molecule has 0 spiro atoms. The van der Waals surface area contributed by atoms with Crippen LogP contribution in [0.1, 0.15) is 113 Å². The Labute approximate surface area is 274 Å². The normalized spacial score (nSPS) is 19.1. The lowest BCUT2D eigenvalue weighted by atomic mass is 9.86. The monoisotopic (exact) mass is 608 g/mol. The van der Waals surface area contributed by atoms with Crippen molar-refractivity contribution in [3.05, 3.63) is 129 Å². The van der Waals surface area contributed by atoms with Gasteiger partial charge in [-0.15, -0.1) is 0 Å². The molecule has 2 atom stereocenters. The van der Waals surface area contributed by atoms with Gasteiger partial charge in [0.25, 0.3) is 0 Å². The molecule has 2 unspecified atom stereocenters. The maximum Gasteiger partial charge on any atom is 0.0751 e. The molecule has 0 nitrogen and oxygen atoms in total. The molecule has 0 saturated heterocycles. The average Bonchev–Trinajstić information content (AvgIpc) is 3.52. The second kappa shape index (κ2) is 11.4. The van der Waals surface area contributed by atoms with Crippen LogP contribution in [0.4, 0.5) is 0 Å². The Balaban J connectivity index is 1.42. The lowest BCUT2D eigenvalue weighted by molar-refractivity contribution is 0.590. The molecule has 45 heavy (non-hydrogen) atoms. The predicted molar refractivity (Wildman–Crippen MR) is 201 cm³/mol. The topological polar surface area (TPSA) is 0 Å². The summed E-state index contributed by atoms with van der Waals surface area (Å²) in [5.74, 6) is 0. The molecule has 0 heterocycles. The van der Waals surface area contributed by atoms with Gasteiger partial charge in [-0.1, -0.05) is 176 Å². The van der Waals surface area contributed by atoms with Crippen LogP contribution in [0.25, 0.3) is 34.4 Å². The van der Waals surface area contributed by atoms with Gasteiger partial charge in [0.05, 0.1) is 8.07 Å². The summed E-state index contributed by atoms with van der Waals surface area (Å²) in [6.45, 7) is 23.7. The van der Waals surface area contributed by atoms with Crippen LogP contribution in [-0.4, -0.2) is 8.07 Å². The van der Waals surface area contributed by atoms with Crippen molar-refractivity contribution in [3.63, 3.8) is 0 Å². The van der Waals surface area contributed by atoms with E-state index >= 15 is 0 Å². The Kier molecular flexibility index (Phi) is 8.01. The first-order valence-corrected chi connectivity index (χ1v) is 19.9. The third-order valence-corrected chi connectivity index (χ3v) is 16.5. The molecule has 6 rings (SSSR count). The highest BCUT2D eigenvalue weighted by atomic mass is 28.3. The van der Waals surface area contributed by atoms with E-state index in [0.29, 0.717) is 11.1 Å². The van der Waals surface area contributed by atoms with E-state index in [4.69, 9.17) is 0 Å². The average molecular weight is 609 g/mol. The van der Waals surface area contributed by atoms with Crippen LogP contribution in [0, 0.1) is 0 Å². The van der Waals surface area contributed by atoms with Crippen molar-refractivity contribution in [2.75, 3.05) is 0 Å². The highest BCUT2D eigenvalue weighted by Crippen LogP contribution is 2.56. The van der Waals surface area contributed by atoms with Crippen LogP contribution in [0.5, 0.6) is 0 Å². The van der Waals surface area contributed by atoms with Gasteiger partial charge in [0.2, 0.25) is 0 Å². The second-order valence-electron chi connectivity index (χ2n) is 16.2. The molecular formula is C44H52Si. The van der Waals surface area contributed by atoms with E-state index in [2.05, 4.69) is 166 Å². The molecule has 0 bridgehead atoms. The molecule has 2 aliphatic carbocycles. The van der Waals surface area contributed by atoms with E-state index in [1.54, 1.807) is 22.3 Å². The Hall–Kier alpha value is -3.42. The first-order chi connectivity index (χ1) is 21.2. The molecule has 0 amide bonds. The van der Waals surface area contributed by atoms with Crippen LogP contribution >= 0.6 is 0 Å². The summed E-state index contributed by atoms with van der Waals surface area (Å²) in [5.41, 5.74) is 18.6. The molecule has 0 saturated carbocycles. The van der Waals surface area contributed by atoms with Crippen molar-refractivity contribution in [3.8, 4) is 22.3 Å². The van der Waals surface area contributed by atoms with Crippen molar-refractivity contribution in [1.29, 1.82) is 0 Å². The van der Waals surface area contributed by atoms with Crippen molar-refractivity contribution in [2.45, 2.75) is 103 Å². The number of benzene rings is 4. The van der Waals surface area contributed by atoms with Crippen molar-refractivity contribution in [1.82, 2.24) is 0 Å². The van der Waals surface area contributed by atoms with Gasteiger partial charge < -0.3 is 0 Å². The number of rotatable bonds is 6. The maximum absolute atomic E-state index is 2.72. The van der Waals surface area contributed by atoms with E-state index in [9.17, 15) is 0 Å². The fraction of sp³-hybridized carbons (Fsp3) is 0.364. The van der Waals surface area contributed by atoms with Crippen LogP contribution < -0.4 is 0 Å². The predicted octanol–water partition coefficient (Wildman–Crippen LogP) is 12.9. The van der Waals surface area contributed by atoms with Gasteiger partial charge in [0.1, 0.15) is 0 Å². The van der Waals surface area contributed by atoms with Crippen LogP contribution in [-0.2, 0) is 10.8 Å². The Morgan fingerprint density at radius 2 is 0.933 bits per heavy atom. The summed E-state index contributed by atoms with van der Waals surface area (Å²) < 4.78 is 0. The molecule has 0 aromatic heterocycles. The summed E-state index contributed by atoms with van der Waals surface area (Å²) >= 11 is 0. The van der Waals surface area contributed by atoms with Gasteiger partial charge in [-0.05, 0) is 80.3 Å². The minimum Gasteiger partial charge on any atom is -0.0679 e. The highest BCUT2D eigenvalue weighted by Gasteiger charge is 2.49. The number of hydrogen-bond acceptors (Lipinski definition) is 0. The molecular weight excluding hydrogens is 557 g/mol. The minimum absolute atomic E-state index is 0.158. The highest BCUT2D eigenvalue weighted by molar-refractivity contribution is 6.83. The molecule has 232 valence electrons. The van der Waals surface area contributed by atoms with E-state index in [1.807, 2.05) is 0 Å². The molecule has 0 aliphatic heterocycles. The standard InChI is InChI=1S/C44H52Si/c1-11-26-45(10,41-29(2)27-39-35(14-12-16-37(39)41)31-18-22-33(23-19-31)43(4,5)6)42-30(3)28-40-36(15-13-17-38(40)42)32-20-24-34(25-21-32)44(7,8)9/h12-25,27-28,41-42H,11,26H2,1-10H3. The van der Waals surface area contributed by atoms with Crippen molar-refractivity contribution >= 4 is 20.2 Å². The molecule has 1 heteroatoms. The first kappa shape index (κ1) is 31.6. The smallest absolute Gasteiger partial charge is 0.0679 e. The SMILES string of the molecule is CCC[Si](C)(C1C(C)=Cc2c(-c3ccc(C(C)(C)C)cc3)cccc21)C1C(C)=Cc2c(-c3ccc(C(C)(C)C)cc3)cccc21. The zero-order valence-corrected chi connectivity index (χ0v) is 30.3. The number of fused-ring (bicyclic) bond motifs is 2. The van der Waals surface area contributed by atoms with Crippen LogP contribution in [0.2, 0.25) is 12.6 Å². The molecule has 4 aromatic rings. The van der Waals surface area contributed by atoms with E-state index in [-0.39, 0.29) is 10.8 Å². The molecule has 0 fully saturated rings. The zero-order valence-electron chi connectivity index (χ0n) is 29.3. The van der Waals surface area contributed by atoms with Gasteiger partial charge in [0.15, 0.2) is 0 Å². The van der Waals surface area contributed by atoms with Crippen molar-refractivity contribution in [2.24, 2.45) is 0 Å². The molecule has 4 aromatic carbocycles.